The smallest absolute Gasteiger partial charge is 0.253 e. The van der Waals surface area contributed by atoms with Crippen LogP contribution in [0, 0.1) is 5.92 Å². The summed E-state index contributed by atoms with van der Waals surface area (Å²) in [4.78, 5) is 15.0. The van der Waals surface area contributed by atoms with Gasteiger partial charge in [0.1, 0.15) is 0 Å². The highest BCUT2D eigenvalue weighted by atomic mass is 16.1. The van der Waals surface area contributed by atoms with Gasteiger partial charge in [-0.3, -0.25) is 4.79 Å². The molecule has 0 saturated heterocycles. The predicted molar refractivity (Wildman–Crippen MR) is 67.8 cm³/mol. The van der Waals surface area contributed by atoms with Gasteiger partial charge in [0.2, 0.25) is 0 Å². The topological polar surface area (TPSA) is 70.9 Å². The first kappa shape index (κ1) is 10.2. The number of benzene rings is 1. The van der Waals surface area contributed by atoms with Gasteiger partial charge in [0.25, 0.3) is 5.91 Å². The Labute approximate surface area is 99.2 Å². The fourth-order valence-corrected chi connectivity index (χ4v) is 1.99. The molecule has 1 aliphatic rings. The Kier molecular flexibility index (Phi) is 2.28. The molecule has 0 unspecified atom stereocenters. The van der Waals surface area contributed by atoms with Crippen molar-refractivity contribution in [1.82, 2.24) is 10.3 Å². The fraction of sp³-hybridized carbons (Fsp3) is 0.308. The number of carbonyl (C=O) groups excluding carboxylic acids is 1. The maximum atomic E-state index is 12.0. The standard InChI is InChI=1S/C13H15N3O/c14-9-3-4-10-11(7-15-12(10)5-9)13(17)16-6-8-1-2-8/h3-5,7-8,15H,1-2,6,14H2,(H,16,17). The van der Waals surface area contributed by atoms with Crippen molar-refractivity contribution in [1.29, 1.82) is 0 Å². The molecule has 4 heteroatoms. The number of aromatic nitrogens is 1. The molecule has 3 rings (SSSR count). The first-order valence-corrected chi connectivity index (χ1v) is 5.89. The van der Waals surface area contributed by atoms with E-state index in [0.29, 0.717) is 17.2 Å². The molecule has 1 heterocycles. The third-order valence-corrected chi connectivity index (χ3v) is 3.20. The Hall–Kier alpha value is -1.97. The Bertz CT molecular complexity index is 569. The molecular formula is C13H15N3O. The molecule has 2 aromatic rings. The van der Waals surface area contributed by atoms with E-state index < -0.39 is 0 Å². The van der Waals surface area contributed by atoms with E-state index in [0.717, 1.165) is 17.4 Å². The summed E-state index contributed by atoms with van der Waals surface area (Å²) in [5.74, 6) is 0.688. The minimum atomic E-state index is -0.00655. The molecule has 0 atom stereocenters. The van der Waals surface area contributed by atoms with Gasteiger partial charge in [0.05, 0.1) is 5.56 Å². The summed E-state index contributed by atoms with van der Waals surface area (Å²) in [6.45, 7) is 0.792. The summed E-state index contributed by atoms with van der Waals surface area (Å²) in [5, 5.41) is 3.89. The molecule has 1 saturated carbocycles. The zero-order valence-corrected chi connectivity index (χ0v) is 9.49. The lowest BCUT2D eigenvalue weighted by Gasteiger charge is -2.02. The predicted octanol–water partition coefficient (Wildman–Crippen LogP) is 1.89. The van der Waals surface area contributed by atoms with Gasteiger partial charge in [0.15, 0.2) is 0 Å². The molecule has 1 fully saturated rings. The molecular weight excluding hydrogens is 214 g/mol. The summed E-state index contributed by atoms with van der Waals surface area (Å²) < 4.78 is 0. The van der Waals surface area contributed by atoms with E-state index in [9.17, 15) is 4.79 Å². The van der Waals surface area contributed by atoms with Crippen LogP contribution in [0.5, 0.6) is 0 Å². The maximum absolute atomic E-state index is 12.0. The van der Waals surface area contributed by atoms with Crippen molar-refractivity contribution in [3.63, 3.8) is 0 Å². The zero-order valence-electron chi connectivity index (χ0n) is 9.49. The number of aromatic amines is 1. The molecule has 1 aliphatic carbocycles. The van der Waals surface area contributed by atoms with Gasteiger partial charge in [-0.1, -0.05) is 0 Å². The first-order valence-electron chi connectivity index (χ1n) is 5.89. The van der Waals surface area contributed by atoms with Gasteiger partial charge in [-0.2, -0.15) is 0 Å². The number of hydrogen-bond donors (Lipinski definition) is 3. The number of rotatable bonds is 3. The highest BCUT2D eigenvalue weighted by Gasteiger charge is 2.22. The van der Waals surface area contributed by atoms with Crippen LogP contribution in [0.25, 0.3) is 10.9 Å². The van der Waals surface area contributed by atoms with Crippen LogP contribution in [0.2, 0.25) is 0 Å². The minimum absolute atomic E-state index is 0.00655. The zero-order chi connectivity index (χ0) is 11.8. The highest BCUT2D eigenvalue weighted by Crippen LogP contribution is 2.28. The summed E-state index contributed by atoms with van der Waals surface area (Å²) in [6, 6.07) is 5.54. The lowest BCUT2D eigenvalue weighted by Crippen LogP contribution is -2.25. The molecule has 4 N–H and O–H groups in total. The molecule has 88 valence electrons. The van der Waals surface area contributed by atoms with Crippen molar-refractivity contribution < 1.29 is 4.79 Å². The number of hydrogen-bond acceptors (Lipinski definition) is 2. The van der Waals surface area contributed by atoms with E-state index in [4.69, 9.17) is 5.73 Å². The highest BCUT2D eigenvalue weighted by molar-refractivity contribution is 6.07. The number of carbonyl (C=O) groups is 1. The van der Waals surface area contributed by atoms with Crippen LogP contribution in [0.3, 0.4) is 0 Å². The Morgan fingerprint density at radius 2 is 2.29 bits per heavy atom. The first-order chi connectivity index (χ1) is 8.24. The molecule has 0 bridgehead atoms. The van der Waals surface area contributed by atoms with Gasteiger partial charge in [-0.15, -0.1) is 0 Å². The van der Waals surface area contributed by atoms with Crippen LogP contribution in [-0.4, -0.2) is 17.4 Å². The number of fused-ring (bicyclic) bond motifs is 1. The molecule has 0 radical (unpaired) electrons. The van der Waals surface area contributed by atoms with E-state index in [1.165, 1.54) is 12.8 Å². The van der Waals surface area contributed by atoms with Crippen molar-refractivity contribution in [3.8, 4) is 0 Å². The molecule has 0 spiro atoms. The molecule has 1 aromatic heterocycles. The van der Waals surface area contributed by atoms with Gasteiger partial charge < -0.3 is 16.0 Å². The van der Waals surface area contributed by atoms with Crippen molar-refractivity contribution in [2.75, 3.05) is 12.3 Å². The van der Waals surface area contributed by atoms with Crippen LogP contribution in [-0.2, 0) is 0 Å². The number of anilines is 1. The van der Waals surface area contributed by atoms with Crippen LogP contribution < -0.4 is 11.1 Å². The van der Waals surface area contributed by atoms with Crippen LogP contribution >= 0.6 is 0 Å². The lowest BCUT2D eigenvalue weighted by molar-refractivity contribution is 0.0953. The quantitative estimate of drug-likeness (QED) is 0.703. The second kappa shape index (κ2) is 3.80. The Balaban J connectivity index is 1.85. The molecule has 4 nitrogen and oxygen atoms in total. The van der Waals surface area contributed by atoms with E-state index in [1.54, 1.807) is 6.20 Å². The third kappa shape index (κ3) is 1.98. The largest absolute Gasteiger partial charge is 0.399 e. The van der Waals surface area contributed by atoms with Crippen molar-refractivity contribution >= 4 is 22.5 Å². The van der Waals surface area contributed by atoms with E-state index in [-0.39, 0.29) is 5.91 Å². The number of nitrogen functional groups attached to an aromatic ring is 1. The van der Waals surface area contributed by atoms with E-state index in [2.05, 4.69) is 10.3 Å². The lowest BCUT2D eigenvalue weighted by atomic mass is 10.1. The normalized spacial score (nSPS) is 15.1. The third-order valence-electron chi connectivity index (χ3n) is 3.20. The molecule has 0 aliphatic heterocycles. The van der Waals surface area contributed by atoms with Crippen molar-refractivity contribution in [3.05, 3.63) is 30.0 Å². The number of amides is 1. The summed E-state index contributed by atoms with van der Waals surface area (Å²) in [7, 11) is 0. The fourth-order valence-electron chi connectivity index (χ4n) is 1.99. The number of nitrogens with two attached hydrogens (primary N) is 1. The monoisotopic (exact) mass is 229 g/mol. The van der Waals surface area contributed by atoms with Gasteiger partial charge in [-0.25, -0.2) is 0 Å². The molecule has 17 heavy (non-hydrogen) atoms. The number of nitrogens with one attached hydrogen (secondary N) is 2. The van der Waals surface area contributed by atoms with Crippen LogP contribution in [0.4, 0.5) is 5.69 Å². The van der Waals surface area contributed by atoms with Gasteiger partial charge >= 0.3 is 0 Å². The van der Waals surface area contributed by atoms with E-state index in [1.807, 2.05) is 18.2 Å². The Morgan fingerprint density at radius 3 is 3.06 bits per heavy atom. The summed E-state index contributed by atoms with van der Waals surface area (Å²) in [6.07, 6.45) is 4.22. The molecule has 1 amide bonds. The van der Waals surface area contributed by atoms with Gasteiger partial charge in [0, 0.05) is 29.3 Å². The Morgan fingerprint density at radius 1 is 1.47 bits per heavy atom. The van der Waals surface area contributed by atoms with Gasteiger partial charge in [-0.05, 0) is 37.0 Å². The average Bonchev–Trinajstić information content (AvgIpc) is 3.05. The summed E-state index contributed by atoms with van der Waals surface area (Å²) >= 11 is 0. The van der Waals surface area contributed by atoms with Crippen molar-refractivity contribution in [2.45, 2.75) is 12.8 Å². The SMILES string of the molecule is Nc1ccc2c(C(=O)NCC3CC3)c[nH]c2c1. The average molecular weight is 229 g/mol. The second-order valence-electron chi connectivity index (χ2n) is 4.66. The maximum Gasteiger partial charge on any atom is 0.253 e. The molecule has 1 aromatic carbocycles. The van der Waals surface area contributed by atoms with Crippen LogP contribution in [0.1, 0.15) is 23.2 Å². The number of H-pyrrole nitrogens is 1. The summed E-state index contributed by atoms with van der Waals surface area (Å²) in [5.41, 5.74) is 7.99. The van der Waals surface area contributed by atoms with E-state index >= 15 is 0 Å². The van der Waals surface area contributed by atoms with Crippen molar-refractivity contribution in [2.24, 2.45) is 5.92 Å². The minimum Gasteiger partial charge on any atom is -0.399 e. The van der Waals surface area contributed by atoms with Crippen LogP contribution in [0.15, 0.2) is 24.4 Å². The second-order valence-corrected chi connectivity index (χ2v) is 4.66.